The molecule has 0 aromatic heterocycles. The van der Waals surface area contributed by atoms with Gasteiger partial charge in [0.15, 0.2) is 0 Å². The zero-order chi connectivity index (χ0) is 35.1. The van der Waals surface area contributed by atoms with E-state index in [1.54, 1.807) is 0 Å². The third-order valence-electron chi connectivity index (χ3n) is 10.6. The van der Waals surface area contributed by atoms with E-state index in [1.165, 1.54) is 225 Å². The quantitative estimate of drug-likeness (QED) is 0.0272. The Kier molecular flexibility index (Phi) is 45.9. The molecule has 0 fully saturated rings. The van der Waals surface area contributed by atoms with Crippen molar-refractivity contribution in [1.29, 1.82) is 0 Å². The van der Waals surface area contributed by atoms with Crippen LogP contribution in [0.3, 0.4) is 0 Å². The van der Waals surface area contributed by atoms with Crippen molar-refractivity contribution in [2.75, 3.05) is 6.61 Å². The zero-order valence-electron chi connectivity index (χ0n) is 33.9. The molecule has 0 bridgehead atoms. The fourth-order valence-electron chi connectivity index (χ4n) is 7.34. The van der Waals surface area contributed by atoms with E-state index < -0.39 is 10.4 Å². The van der Waals surface area contributed by atoms with Crippen LogP contribution in [-0.4, -0.2) is 19.6 Å². The van der Waals surface area contributed by atoms with Crippen molar-refractivity contribution in [3.8, 4) is 0 Å². The Hall–Kier alpha value is 0.870. The van der Waals surface area contributed by atoms with E-state index in [1.807, 2.05) is 0 Å². The van der Waals surface area contributed by atoms with E-state index >= 15 is 0 Å². The first kappa shape index (κ1) is 52.0. The van der Waals surface area contributed by atoms with Gasteiger partial charge in [-0.3, -0.25) is 4.18 Å². The minimum atomic E-state index is -4.60. The van der Waals surface area contributed by atoms with Crippen LogP contribution >= 0.6 is 0 Å². The van der Waals surface area contributed by atoms with Gasteiger partial charge in [0.2, 0.25) is 10.4 Å². The maximum atomic E-state index is 11.0. The molecule has 0 saturated carbocycles. The second kappa shape index (κ2) is 43.3. The molecule has 0 aromatic rings. The van der Waals surface area contributed by atoms with Crippen molar-refractivity contribution in [2.24, 2.45) is 5.92 Å². The summed E-state index contributed by atoms with van der Waals surface area (Å²) in [7, 11) is -4.60. The topological polar surface area (TPSA) is 66.4 Å². The number of hydrogen-bond acceptors (Lipinski definition) is 4. The summed E-state index contributed by atoms with van der Waals surface area (Å²) in [6.45, 7) is 4.65. The fraction of sp³-hybridized carbons (Fsp3) is 1.00. The van der Waals surface area contributed by atoms with Crippen LogP contribution in [0.5, 0.6) is 0 Å². The van der Waals surface area contributed by atoms with Gasteiger partial charge in [0.05, 0.1) is 6.61 Å². The summed E-state index contributed by atoms with van der Waals surface area (Å²) < 4.78 is 37.8. The minimum absolute atomic E-state index is 0. The molecule has 4 nitrogen and oxygen atoms in total. The summed E-state index contributed by atoms with van der Waals surface area (Å²) in [5.41, 5.74) is 0. The van der Waals surface area contributed by atoms with E-state index in [-0.39, 0.29) is 42.1 Å². The monoisotopic (exact) mass is 723 g/mol. The molecule has 0 heterocycles. The molecule has 0 N–H and O–H groups in total. The van der Waals surface area contributed by atoms with E-state index in [4.69, 9.17) is 0 Å². The Balaban J connectivity index is 0. The molecule has 0 aromatic carbocycles. The molecule has 0 rings (SSSR count). The second-order valence-electron chi connectivity index (χ2n) is 15.5. The van der Waals surface area contributed by atoms with E-state index in [0.29, 0.717) is 0 Å². The maximum absolute atomic E-state index is 11.0. The summed E-state index contributed by atoms with van der Waals surface area (Å²) in [5.74, 6) is 0.195. The van der Waals surface area contributed by atoms with Gasteiger partial charge in [-0.05, 0) is 18.8 Å². The van der Waals surface area contributed by atoms with Crippen LogP contribution in [0.2, 0.25) is 0 Å². The molecule has 6 heteroatoms. The molecule has 0 radical (unpaired) electrons. The normalized spacial score (nSPS) is 12.4. The number of unbranched alkanes of at least 4 members (excludes halogenated alkanes) is 35. The van der Waals surface area contributed by atoms with Gasteiger partial charge < -0.3 is 4.55 Å². The maximum Gasteiger partial charge on any atom is 1.00 e. The predicted molar refractivity (Wildman–Crippen MR) is 211 cm³/mol. The third-order valence-corrected chi connectivity index (χ3v) is 11.1. The fourth-order valence-corrected chi connectivity index (χ4v) is 7.70. The van der Waals surface area contributed by atoms with Crippen molar-refractivity contribution in [2.45, 2.75) is 264 Å². The Morgan fingerprint density at radius 2 is 0.551 bits per heavy atom. The van der Waals surface area contributed by atoms with Crippen LogP contribution in [-0.2, 0) is 14.6 Å². The van der Waals surface area contributed by atoms with Crippen LogP contribution in [0.15, 0.2) is 0 Å². The van der Waals surface area contributed by atoms with Gasteiger partial charge in [0.25, 0.3) is 0 Å². The molecule has 0 amide bonds. The van der Waals surface area contributed by atoms with Gasteiger partial charge in [-0.25, -0.2) is 8.42 Å². The molecule has 0 aliphatic rings. The van der Waals surface area contributed by atoms with Crippen LogP contribution in [0.25, 0.3) is 0 Å². The van der Waals surface area contributed by atoms with Gasteiger partial charge in [0, 0.05) is 0 Å². The molecular weight excluding hydrogens is 636 g/mol. The number of hydrogen-bond donors (Lipinski definition) is 0. The molecule has 1 atom stereocenters. The van der Waals surface area contributed by atoms with Crippen LogP contribution in [0.4, 0.5) is 0 Å². The Labute approximate surface area is 331 Å². The first-order chi connectivity index (χ1) is 23.5. The summed E-state index contributed by atoms with van der Waals surface area (Å²) in [6, 6.07) is 0. The van der Waals surface area contributed by atoms with Gasteiger partial charge >= 0.3 is 29.6 Å². The molecule has 0 spiro atoms. The summed E-state index contributed by atoms with van der Waals surface area (Å²) in [6.07, 6.45) is 52.7. The van der Waals surface area contributed by atoms with E-state index in [0.717, 1.165) is 25.7 Å². The van der Waals surface area contributed by atoms with E-state index in [2.05, 4.69) is 18.0 Å². The average Bonchev–Trinajstić information content (AvgIpc) is 3.06. The molecule has 1 unspecified atom stereocenters. The average molecular weight is 723 g/mol. The SMILES string of the molecule is CCCCCCCCCCCCCCCCCCCCCCC(CCCCCCCCCCCCCCCCCCC)COS(=O)(=O)[O-].[Na+]. The zero-order valence-corrected chi connectivity index (χ0v) is 36.7. The van der Waals surface area contributed by atoms with Gasteiger partial charge in [-0.15, -0.1) is 0 Å². The third kappa shape index (κ3) is 46.8. The largest absolute Gasteiger partial charge is 1.00 e. The van der Waals surface area contributed by atoms with Gasteiger partial charge in [-0.2, -0.15) is 0 Å². The molecular formula is C43H87NaO4S. The molecule has 0 aliphatic heterocycles. The summed E-state index contributed by atoms with van der Waals surface area (Å²) >= 11 is 0. The molecule has 0 saturated heterocycles. The van der Waals surface area contributed by atoms with Crippen molar-refractivity contribution >= 4 is 10.4 Å². The first-order valence-corrected chi connectivity index (χ1v) is 23.4. The minimum Gasteiger partial charge on any atom is -0.726 e. The van der Waals surface area contributed by atoms with Crippen molar-refractivity contribution in [1.82, 2.24) is 0 Å². The molecule has 0 aliphatic carbocycles. The first-order valence-electron chi connectivity index (χ1n) is 22.1. The Morgan fingerprint density at radius 1 is 0.367 bits per heavy atom. The molecule has 49 heavy (non-hydrogen) atoms. The smallest absolute Gasteiger partial charge is 0.726 e. The second-order valence-corrected chi connectivity index (χ2v) is 16.6. The Morgan fingerprint density at radius 3 is 0.735 bits per heavy atom. The summed E-state index contributed by atoms with van der Waals surface area (Å²) in [5, 5.41) is 0. The van der Waals surface area contributed by atoms with Crippen molar-refractivity contribution in [3.05, 3.63) is 0 Å². The standard InChI is InChI=1S/C43H88O4S.Na/c1-3-5-7-9-11-13-15-17-19-21-22-23-25-27-29-31-33-35-37-39-41-43(42-47-48(44,45)46)40-38-36-34-32-30-28-26-24-20-18-16-14-12-10-8-6-4-2;/h43H,3-42H2,1-2H3,(H,44,45,46);/q;+1/p-1. The van der Waals surface area contributed by atoms with Crippen molar-refractivity contribution < 1.29 is 46.7 Å². The number of rotatable bonds is 42. The van der Waals surface area contributed by atoms with Gasteiger partial charge in [0.1, 0.15) is 0 Å². The molecule has 290 valence electrons. The Bertz CT molecular complexity index is 702. The predicted octanol–water partition coefficient (Wildman–Crippen LogP) is 12.3. The van der Waals surface area contributed by atoms with Crippen molar-refractivity contribution in [3.63, 3.8) is 0 Å². The van der Waals surface area contributed by atoms with Gasteiger partial charge in [-0.1, -0.05) is 251 Å². The van der Waals surface area contributed by atoms with Crippen LogP contribution in [0, 0.1) is 5.92 Å². The van der Waals surface area contributed by atoms with Crippen LogP contribution < -0.4 is 29.6 Å². The van der Waals surface area contributed by atoms with Crippen LogP contribution in [0.1, 0.15) is 264 Å². The van der Waals surface area contributed by atoms with E-state index in [9.17, 15) is 13.0 Å². The summed E-state index contributed by atoms with van der Waals surface area (Å²) in [4.78, 5) is 0.